The molecule has 2 nitrogen and oxygen atoms in total. The van der Waals surface area contributed by atoms with E-state index in [1.807, 2.05) is 17.8 Å². The second-order valence-electron chi connectivity index (χ2n) is 5.99. The zero-order valence-electron chi connectivity index (χ0n) is 13.1. The molecule has 1 aliphatic rings. The van der Waals surface area contributed by atoms with Gasteiger partial charge in [0.15, 0.2) is 0 Å². The lowest BCUT2D eigenvalue weighted by Crippen LogP contribution is -2.08. The van der Waals surface area contributed by atoms with Crippen LogP contribution in [0, 0.1) is 5.92 Å². The van der Waals surface area contributed by atoms with Crippen LogP contribution in [0.15, 0.2) is 23.1 Å². The summed E-state index contributed by atoms with van der Waals surface area (Å²) in [5.74, 6) is 2.97. The van der Waals surface area contributed by atoms with Gasteiger partial charge in [0, 0.05) is 10.6 Å². The largest absolute Gasteiger partial charge is 0.494 e. The van der Waals surface area contributed by atoms with Crippen LogP contribution in [0.3, 0.4) is 0 Å². The highest BCUT2D eigenvalue weighted by atomic mass is 32.2. The second-order valence-corrected chi connectivity index (χ2v) is 7.08. The number of aliphatic hydroxyl groups is 1. The van der Waals surface area contributed by atoms with Gasteiger partial charge in [0.2, 0.25) is 0 Å². The van der Waals surface area contributed by atoms with Crippen molar-refractivity contribution in [3.05, 3.63) is 23.8 Å². The molecule has 0 spiro atoms. The quantitative estimate of drug-likeness (QED) is 0.539. The molecule has 1 aliphatic carbocycles. The van der Waals surface area contributed by atoms with E-state index in [0.717, 1.165) is 36.7 Å². The molecule has 1 N–H and O–H groups in total. The van der Waals surface area contributed by atoms with Crippen molar-refractivity contribution in [2.24, 2.45) is 5.92 Å². The maximum atomic E-state index is 9.41. The van der Waals surface area contributed by atoms with Crippen LogP contribution in [0.25, 0.3) is 0 Å². The lowest BCUT2D eigenvalue weighted by Gasteiger charge is -2.21. The zero-order valence-corrected chi connectivity index (χ0v) is 14.0. The van der Waals surface area contributed by atoms with Crippen LogP contribution in [0.5, 0.6) is 5.75 Å². The fourth-order valence-electron chi connectivity index (χ4n) is 2.79. The maximum Gasteiger partial charge on any atom is 0.120 e. The molecular weight excluding hydrogens is 280 g/mol. The van der Waals surface area contributed by atoms with Gasteiger partial charge in [0.05, 0.1) is 13.2 Å². The van der Waals surface area contributed by atoms with Crippen molar-refractivity contribution in [1.29, 1.82) is 0 Å². The van der Waals surface area contributed by atoms with Gasteiger partial charge in [-0.1, -0.05) is 32.6 Å². The maximum absolute atomic E-state index is 9.41. The van der Waals surface area contributed by atoms with E-state index in [2.05, 4.69) is 19.1 Å². The summed E-state index contributed by atoms with van der Waals surface area (Å²) in [6.07, 6.45) is 9.19. The smallest absolute Gasteiger partial charge is 0.120 e. The second kappa shape index (κ2) is 9.37. The Morgan fingerprint density at radius 2 is 2.00 bits per heavy atom. The van der Waals surface area contributed by atoms with E-state index in [4.69, 9.17) is 4.74 Å². The Labute approximate surface area is 133 Å². The SMILES string of the molecule is CCCCOc1cc(CO)cc(SCC2CCCCC2)c1. The summed E-state index contributed by atoms with van der Waals surface area (Å²) in [7, 11) is 0. The minimum atomic E-state index is 0.0853. The van der Waals surface area contributed by atoms with Crippen LogP contribution < -0.4 is 4.74 Å². The van der Waals surface area contributed by atoms with Crippen molar-refractivity contribution in [2.45, 2.75) is 63.4 Å². The third-order valence-corrected chi connectivity index (χ3v) is 5.31. The molecule has 0 amide bonds. The predicted molar refractivity (Wildman–Crippen MR) is 90.1 cm³/mol. The summed E-state index contributed by atoms with van der Waals surface area (Å²) >= 11 is 1.92. The van der Waals surface area contributed by atoms with Crippen LogP contribution >= 0.6 is 11.8 Å². The van der Waals surface area contributed by atoms with E-state index in [-0.39, 0.29) is 6.61 Å². The molecule has 1 fully saturated rings. The number of rotatable bonds is 8. The molecule has 0 bridgehead atoms. The fraction of sp³-hybridized carbons (Fsp3) is 0.667. The van der Waals surface area contributed by atoms with Gasteiger partial charge in [0.25, 0.3) is 0 Å². The lowest BCUT2D eigenvalue weighted by molar-refractivity contribution is 0.278. The van der Waals surface area contributed by atoms with Crippen LogP contribution in [0.4, 0.5) is 0 Å². The van der Waals surface area contributed by atoms with Crippen molar-refractivity contribution < 1.29 is 9.84 Å². The third kappa shape index (κ3) is 5.91. The van der Waals surface area contributed by atoms with Crippen molar-refractivity contribution in [2.75, 3.05) is 12.4 Å². The average Bonchev–Trinajstić information content (AvgIpc) is 2.54. The van der Waals surface area contributed by atoms with E-state index in [0.29, 0.717) is 0 Å². The van der Waals surface area contributed by atoms with Gasteiger partial charge in [-0.05, 0) is 48.9 Å². The van der Waals surface area contributed by atoms with E-state index in [1.54, 1.807) is 0 Å². The van der Waals surface area contributed by atoms with E-state index < -0.39 is 0 Å². The van der Waals surface area contributed by atoms with Crippen LogP contribution in [-0.2, 0) is 6.61 Å². The Morgan fingerprint density at radius 3 is 2.71 bits per heavy atom. The molecule has 0 aliphatic heterocycles. The Kier molecular flexibility index (Phi) is 7.45. The van der Waals surface area contributed by atoms with Crippen LogP contribution in [0.1, 0.15) is 57.4 Å². The third-order valence-electron chi connectivity index (χ3n) is 4.10. The summed E-state index contributed by atoms with van der Waals surface area (Å²) in [6, 6.07) is 6.18. The molecule has 1 saturated carbocycles. The van der Waals surface area contributed by atoms with Crippen molar-refractivity contribution >= 4 is 11.8 Å². The number of aliphatic hydroxyl groups excluding tert-OH is 1. The molecule has 0 radical (unpaired) electrons. The highest BCUT2D eigenvalue weighted by Gasteiger charge is 2.14. The van der Waals surface area contributed by atoms with Crippen LogP contribution in [0.2, 0.25) is 0 Å². The number of ether oxygens (including phenoxy) is 1. The predicted octanol–water partition coefficient (Wildman–Crippen LogP) is 5.03. The highest BCUT2D eigenvalue weighted by molar-refractivity contribution is 7.99. The van der Waals surface area contributed by atoms with Gasteiger partial charge in [-0.3, -0.25) is 0 Å². The first-order valence-electron chi connectivity index (χ1n) is 8.32. The van der Waals surface area contributed by atoms with Gasteiger partial charge in [-0.2, -0.15) is 0 Å². The molecule has 1 aromatic rings. The fourth-order valence-corrected chi connectivity index (χ4v) is 3.99. The minimum Gasteiger partial charge on any atom is -0.494 e. The number of thioether (sulfide) groups is 1. The molecule has 3 heteroatoms. The highest BCUT2D eigenvalue weighted by Crippen LogP contribution is 2.32. The van der Waals surface area contributed by atoms with E-state index >= 15 is 0 Å². The molecule has 0 saturated heterocycles. The summed E-state index contributed by atoms with van der Waals surface area (Å²) in [6.45, 7) is 3.01. The van der Waals surface area contributed by atoms with Crippen molar-refractivity contribution in [3.8, 4) is 5.75 Å². The molecule has 118 valence electrons. The first-order valence-corrected chi connectivity index (χ1v) is 9.30. The summed E-state index contributed by atoms with van der Waals surface area (Å²) in [5, 5.41) is 9.41. The standard InChI is InChI=1S/C18H28O2S/c1-2-3-9-20-17-10-16(13-19)11-18(12-17)21-14-15-7-5-4-6-8-15/h10-12,15,19H,2-9,13-14H2,1H3. The molecule has 0 atom stereocenters. The van der Waals surface area contributed by atoms with E-state index in [9.17, 15) is 5.11 Å². The molecule has 0 unspecified atom stereocenters. The number of hydrogen-bond donors (Lipinski definition) is 1. The summed E-state index contributed by atoms with van der Waals surface area (Å²) in [5.41, 5.74) is 0.954. The van der Waals surface area contributed by atoms with E-state index in [1.165, 1.54) is 42.8 Å². The normalized spacial score (nSPS) is 16.1. The molecule has 1 aromatic carbocycles. The summed E-state index contributed by atoms with van der Waals surface area (Å²) < 4.78 is 5.80. The average molecular weight is 308 g/mol. The lowest BCUT2D eigenvalue weighted by atomic mass is 9.91. The molecule has 0 heterocycles. The van der Waals surface area contributed by atoms with Gasteiger partial charge >= 0.3 is 0 Å². The number of hydrogen-bond acceptors (Lipinski definition) is 3. The van der Waals surface area contributed by atoms with Gasteiger partial charge in [-0.25, -0.2) is 0 Å². The Morgan fingerprint density at radius 1 is 1.19 bits per heavy atom. The number of unbranched alkanes of at least 4 members (excludes halogenated alkanes) is 1. The number of benzene rings is 1. The van der Waals surface area contributed by atoms with Gasteiger partial charge < -0.3 is 9.84 Å². The first kappa shape index (κ1) is 16.7. The molecule has 21 heavy (non-hydrogen) atoms. The molecular formula is C18H28O2S. The molecule has 2 rings (SSSR count). The zero-order chi connectivity index (χ0) is 14.9. The first-order chi connectivity index (χ1) is 10.3. The van der Waals surface area contributed by atoms with Gasteiger partial charge in [-0.15, -0.1) is 11.8 Å². The Hall–Kier alpha value is -0.670. The monoisotopic (exact) mass is 308 g/mol. The Bertz CT molecular complexity index is 414. The minimum absolute atomic E-state index is 0.0853. The van der Waals surface area contributed by atoms with Crippen molar-refractivity contribution in [1.82, 2.24) is 0 Å². The topological polar surface area (TPSA) is 29.5 Å². The van der Waals surface area contributed by atoms with Gasteiger partial charge in [0.1, 0.15) is 5.75 Å². The van der Waals surface area contributed by atoms with Crippen LogP contribution in [-0.4, -0.2) is 17.5 Å². The molecule has 0 aromatic heterocycles. The van der Waals surface area contributed by atoms with Crippen molar-refractivity contribution in [3.63, 3.8) is 0 Å². The Balaban J connectivity index is 1.91. The summed E-state index contributed by atoms with van der Waals surface area (Å²) in [4.78, 5) is 1.23.